The SMILES string of the molecule is O=C(O)CC1(CNC(=O)OCC2c3ccccc3-c3ccccc32)CCCC1. The lowest BCUT2D eigenvalue weighted by molar-refractivity contribution is -0.139. The van der Waals surface area contributed by atoms with Crippen LogP contribution in [0.15, 0.2) is 48.5 Å². The number of nitrogens with one attached hydrogen (secondary N) is 1. The highest BCUT2D eigenvalue weighted by molar-refractivity contribution is 5.79. The number of carboxylic acids is 1. The molecule has 2 aromatic rings. The van der Waals surface area contributed by atoms with Crippen molar-refractivity contribution in [2.45, 2.75) is 38.0 Å². The number of carbonyl (C=O) groups excluding carboxylic acids is 1. The van der Waals surface area contributed by atoms with Gasteiger partial charge in [0.1, 0.15) is 6.61 Å². The summed E-state index contributed by atoms with van der Waals surface area (Å²) in [4.78, 5) is 23.5. The maximum atomic E-state index is 12.3. The molecule has 0 aromatic heterocycles. The van der Waals surface area contributed by atoms with Gasteiger partial charge in [0, 0.05) is 12.5 Å². The number of carboxylic acid groups (broad SMARTS) is 1. The number of alkyl carbamates (subject to hydrolysis) is 1. The summed E-state index contributed by atoms with van der Waals surface area (Å²) in [7, 11) is 0. The fourth-order valence-electron chi connectivity index (χ4n) is 4.77. The first-order valence-corrected chi connectivity index (χ1v) is 9.89. The molecule has 0 bridgehead atoms. The molecule has 4 rings (SSSR count). The largest absolute Gasteiger partial charge is 0.481 e. The van der Waals surface area contributed by atoms with E-state index in [0.29, 0.717) is 6.54 Å². The van der Waals surface area contributed by atoms with Gasteiger partial charge in [0.2, 0.25) is 0 Å². The van der Waals surface area contributed by atoms with Crippen LogP contribution in [0.3, 0.4) is 0 Å². The summed E-state index contributed by atoms with van der Waals surface area (Å²) in [5.74, 6) is -0.783. The molecule has 0 saturated heterocycles. The van der Waals surface area contributed by atoms with Gasteiger partial charge in [0.05, 0.1) is 6.42 Å². The highest BCUT2D eigenvalue weighted by atomic mass is 16.5. The van der Waals surface area contributed by atoms with E-state index in [1.807, 2.05) is 24.3 Å². The molecule has 2 aliphatic carbocycles. The number of aliphatic carboxylic acids is 1. The van der Waals surface area contributed by atoms with Crippen molar-refractivity contribution < 1.29 is 19.4 Å². The van der Waals surface area contributed by atoms with Crippen LogP contribution in [0.5, 0.6) is 0 Å². The van der Waals surface area contributed by atoms with E-state index in [4.69, 9.17) is 4.74 Å². The van der Waals surface area contributed by atoms with Crippen molar-refractivity contribution in [1.29, 1.82) is 0 Å². The Kier molecular flexibility index (Phi) is 5.07. The number of amides is 1. The first kappa shape index (κ1) is 18.5. The molecule has 1 amide bonds. The lowest BCUT2D eigenvalue weighted by Gasteiger charge is -2.27. The Labute approximate surface area is 164 Å². The molecule has 1 saturated carbocycles. The lowest BCUT2D eigenvalue weighted by atomic mass is 9.82. The van der Waals surface area contributed by atoms with Gasteiger partial charge in [-0.2, -0.15) is 0 Å². The Morgan fingerprint density at radius 2 is 1.57 bits per heavy atom. The van der Waals surface area contributed by atoms with Crippen molar-refractivity contribution in [3.05, 3.63) is 59.7 Å². The first-order chi connectivity index (χ1) is 13.6. The smallest absolute Gasteiger partial charge is 0.407 e. The minimum atomic E-state index is -0.809. The van der Waals surface area contributed by atoms with Gasteiger partial charge in [-0.15, -0.1) is 0 Å². The summed E-state index contributed by atoms with van der Waals surface area (Å²) in [5.41, 5.74) is 4.40. The topological polar surface area (TPSA) is 75.6 Å². The zero-order valence-electron chi connectivity index (χ0n) is 15.8. The van der Waals surface area contributed by atoms with Crippen LogP contribution in [-0.2, 0) is 9.53 Å². The van der Waals surface area contributed by atoms with Crippen LogP contribution in [-0.4, -0.2) is 30.3 Å². The lowest BCUT2D eigenvalue weighted by Crippen LogP contribution is -2.38. The molecule has 5 heteroatoms. The van der Waals surface area contributed by atoms with Gasteiger partial charge in [0.15, 0.2) is 0 Å². The Hall–Kier alpha value is -2.82. The van der Waals surface area contributed by atoms with Crippen molar-refractivity contribution >= 4 is 12.1 Å². The summed E-state index contributed by atoms with van der Waals surface area (Å²) in [5, 5.41) is 12.0. The predicted octanol–water partition coefficient (Wildman–Crippen LogP) is 4.56. The van der Waals surface area contributed by atoms with E-state index in [0.717, 1.165) is 25.7 Å². The zero-order valence-corrected chi connectivity index (χ0v) is 15.8. The quantitative estimate of drug-likeness (QED) is 0.771. The highest BCUT2D eigenvalue weighted by Crippen LogP contribution is 2.44. The van der Waals surface area contributed by atoms with Gasteiger partial charge in [0.25, 0.3) is 0 Å². The molecule has 2 aromatic carbocycles. The van der Waals surface area contributed by atoms with Crippen molar-refractivity contribution in [1.82, 2.24) is 5.32 Å². The van der Waals surface area contributed by atoms with Crippen molar-refractivity contribution in [3.8, 4) is 11.1 Å². The minimum Gasteiger partial charge on any atom is -0.481 e. The second-order valence-corrected chi connectivity index (χ2v) is 7.96. The average molecular weight is 379 g/mol. The third kappa shape index (κ3) is 3.61. The first-order valence-electron chi connectivity index (χ1n) is 9.89. The second kappa shape index (κ2) is 7.66. The highest BCUT2D eigenvalue weighted by Gasteiger charge is 2.36. The molecule has 1 fully saturated rings. The predicted molar refractivity (Wildman–Crippen MR) is 106 cm³/mol. The maximum absolute atomic E-state index is 12.3. The van der Waals surface area contributed by atoms with Crippen LogP contribution in [0, 0.1) is 5.41 Å². The summed E-state index contributed by atoms with van der Waals surface area (Å²) in [6, 6.07) is 16.4. The van der Waals surface area contributed by atoms with E-state index >= 15 is 0 Å². The van der Waals surface area contributed by atoms with Gasteiger partial charge >= 0.3 is 12.1 Å². The van der Waals surface area contributed by atoms with Gasteiger partial charge < -0.3 is 15.2 Å². The molecule has 2 aliphatic rings. The molecule has 0 heterocycles. The molecule has 0 unspecified atom stereocenters. The molecule has 0 radical (unpaired) electrons. The molecular formula is C23H25NO4. The Bertz CT molecular complexity index is 840. The van der Waals surface area contributed by atoms with Gasteiger partial charge in [-0.3, -0.25) is 4.79 Å². The third-order valence-corrected chi connectivity index (χ3v) is 6.14. The molecule has 5 nitrogen and oxygen atoms in total. The van der Waals surface area contributed by atoms with E-state index in [2.05, 4.69) is 29.6 Å². The van der Waals surface area contributed by atoms with Crippen molar-refractivity contribution in [2.24, 2.45) is 5.41 Å². The Balaban J connectivity index is 1.39. The number of ether oxygens (including phenoxy) is 1. The molecular weight excluding hydrogens is 354 g/mol. The van der Waals surface area contributed by atoms with Gasteiger partial charge in [-0.25, -0.2) is 4.79 Å². The number of rotatable bonds is 6. The zero-order chi connectivity index (χ0) is 19.6. The molecule has 0 spiro atoms. The minimum absolute atomic E-state index is 0.0256. The normalized spacial score (nSPS) is 17.0. The third-order valence-electron chi connectivity index (χ3n) is 6.14. The fourth-order valence-corrected chi connectivity index (χ4v) is 4.77. The van der Waals surface area contributed by atoms with E-state index in [9.17, 15) is 14.7 Å². The summed E-state index contributed by atoms with van der Waals surface area (Å²) in [6.45, 7) is 0.627. The summed E-state index contributed by atoms with van der Waals surface area (Å²) < 4.78 is 5.55. The molecule has 2 N–H and O–H groups in total. The van der Waals surface area contributed by atoms with E-state index in [1.54, 1.807) is 0 Å². The number of hydrogen-bond donors (Lipinski definition) is 2. The van der Waals surface area contributed by atoms with E-state index < -0.39 is 12.1 Å². The van der Waals surface area contributed by atoms with Crippen molar-refractivity contribution in [3.63, 3.8) is 0 Å². The van der Waals surface area contributed by atoms with E-state index in [-0.39, 0.29) is 24.4 Å². The fraction of sp³-hybridized carbons (Fsp3) is 0.391. The van der Waals surface area contributed by atoms with Crippen LogP contribution < -0.4 is 5.32 Å². The second-order valence-electron chi connectivity index (χ2n) is 7.96. The number of benzene rings is 2. The molecule has 0 atom stereocenters. The monoisotopic (exact) mass is 379 g/mol. The standard InChI is InChI=1S/C23H25NO4/c25-21(26)13-23(11-5-6-12-23)15-24-22(27)28-14-20-18-9-3-1-7-16(18)17-8-2-4-10-19(17)20/h1-4,7-10,20H,5-6,11-15H2,(H,24,27)(H,25,26). The van der Waals surface area contributed by atoms with Crippen LogP contribution in [0.2, 0.25) is 0 Å². The van der Waals surface area contributed by atoms with Crippen LogP contribution in [0.1, 0.15) is 49.1 Å². The van der Waals surface area contributed by atoms with E-state index in [1.165, 1.54) is 22.3 Å². The Morgan fingerprint density at radius 3 is 2.14 bits per heavy atom. The van der Waals surface area contributed by atoms with Gasteiger partial charge in [-0.05, 0) is 40.5 Å². The number of fused-ring (bicyclic) bond motifs is 3. The number of carbonyl (C=O) groups is 2. The summed E-state index contributed by atoms with van der Waals surface area (Å²) >= 11 is 0. The molecule has 0 aliphatic heterocycles. The Morgan fingerprint density at radius 1 is 1.00 bits per heavy atom. The van der Waals surface area contributed by atoms with Crippen molar-refractivity contribution in [2.75, 3.05) is 13.2 Å². The summed E-state index contributed by atoms with van der Waals surface area (Å²) in [6.07, 6.45) is 3.32. The van der Waals surface area contributed by atoms with Gasteiger partial charge in [-0.1, -0.05) is 61.4 Å². The molecule has 146 valence electrons. The van der Waals surface area contributed by atoms with Crippen LogP contribution in [0.4, 0.5) is 4.79 Å². The van der Waals surface area contributed by atoms with Crippen LogP contribution >= 0.6 is 0 Å². The van der Waals surface area contributed by atoms with Crippen LogP contribution in [0.25, 0.3) is 11.1 Å². The molecule has 28 heavy (non-hydrogen) atoms. The average Bonchev–Trinajstić information content (AvgIpc) is 3.27. The maximum Gasteiger partial charge on any atom is 0.407 e. The number of hydrogen-bond acceptors (Lipinski definition) is 3.